The Morgan fingerprint density at radius 2 is 2.12 bits per heavy atom. The van der Waals surface area contributed by atoms with Crippen LogP contribution in [-0.4, -0.2) is 27.4 Å². The van der Waals surface area contributed by atoms with Gasteiger partial charge in [-0.05, 0) is 49.7 Å². The molecule has 2 aliphatic rings. The summed E-state index contributed by atoms with van der Waals surface area (Å²) in [6, 6.07) is 8.72. The molecule has 1 aromatic carbocycles. The zero-order valence-electron chi connectivity index (χ0n) is 13.5. The molecule has 6 nitrogen and oxygen atoms in total. The Kier molecular flexibility index (Phi) is 3.57. The first kappa shape index (κ1) is 15.2. The summed E-state index contributed by atoms with van der Waals surface area (Å²) in [4.78, 5) is 0. The molecule has 2 fully saturated rings. The first-order valence-corrected chi connectivity index (χ1v) is 8.40. The maximum Gasteiger partial charge on any atom is 0.188 e. The normalized spacial score (nSPS) is 27.7. The van der Waals surface area contributed by atoms with E-state index < -0.39 is 0 Å². The van der Waals surface area contributed by atoms with Gasteiger partial charge in [-0.2, -0.15) is 0 Å². The number of phenolic OH excluding ortho intramolecular Hbond substituents is 1. The summed E-state index contributed by atoms with van der Waals surface area (Å²) < 4.78 is 5.84. The highest BCUT2D eigenvalue weighted by atomic mass is 16.5. The number of aromatic hydroxyl groups is 1. The Labute approximate surface area is 140 Å². The van der Waals surface area contributed by atoms with E-state index in [2.05, 4.69) is 10.2 Å². The van der Waals surface area contributed by atoms with E-state index >= 15 is 0 Å². The van der Waals surface area contributed by atoms with Crippen LogP contribution in [0.1, 0.15) is 25.7 Å². The molecule has 5 N–H and O–H groups in total. The minimum Gasteiger partial charge on any atom is -0.507 e. The van der Waals surface area contributed by atoms with E-state index in [1.54, 1.807) is 24.3 Å². The standard InChI is InChI=1S/C18H22N4O2/c19-17-16(24-8-6-11-10-18(20)7-5-13(11)18)9-14(21-22-17)12-3-1-2-4-15(12)23/h1-4,9,11,13,23H,5-8,10,20H2,(H2,19,22). The van der Waals surface area contributed by atoms with Crippen LogP contribution < -0.4 is 16.2 Å². The van der Waals surface area contributed by atoms with Crippen LogP contribution in [0.15, 0.2) is 30.3 Å². The van der Waals surface area contributed by atoms with Crippen LogP contribution >= 0.6 is 0 Å². The molecule has 2 aromatic rings. The molecule has 0 aliphatic heterocycles. The topological polar surface area (TPSA) is 107 Å². The van der Waals surface area contributed by atoms with Crippen molar-refractivity contribution in [1.82, 2.24) is 10.2 Å². The van der Waals surface area contributed by atoms with E-state index in [0.717, 1.165) is 12.8 Å². The van der Waals surface area contributed by atoms with Crippen LogP contribution in [0.4, 0.5) is 5.82 Å². The highest BCUT2D eigenvalue weighted by Crippen LogP contribution is 2.57. The molecule has 1 heterocycles. The predicted molar refractivity (Wildman–Crippen MR) is 91.4 cm³/mol. The van der Waals surface area contributed by atoms with Gasteiger partial charge in [0.2, 0.25) is 0 Å². The Balaban J connectivity index is 1.42. The number of hydrogen-bond acceptors (Lipinski definition) is 6. The third-order valence-corrected chi connectivity index (χ3v) is 5.58. The lowest BCUT2D eigenvalue weighted by molar-refractivity contribution is -0.0633. The van der Waals surface area contributed by atoms with Gasteiger partial charge in [-0.25, -0.2) is 0 Å². The number of rotatable bonds is 5. The quantitative estimate of drug-likeness (QED) is 0.778. The van der Waals surface area contributed by atoms with Crippen LogP contribution in [0.25, 0.3) is 11.3 Å². The molecule has 0 bridgehead atoms. The second-order valence-electron chi connectivity index (χ2n) is 6.98. The fourth-order valence-electron chi connectivity index (χ4n) is 4.06. The highest BCUT2D eigenvalue weighted by molar-refractivity contribution is 5.68. The fourth-order valence-corrected chi connectivity index (χ4v) is 4.06. The molecule has 2 saturated carbocycles. The second kappa shape index (κ2) is 5.63. The first-order chi connectivity index (χ1) is 11.6. The number of anilines is 1. The lowest BCUT2D eigenvalue weighted by atomic mass is 9.47. The summed E-state index contributed by atoms with van der Waals surface area (Å²) in [5, 5.41) is 17.9. The molecule has 0 radical (unpaired) electrons. The Morgan fingerprint density at radius 1 is 1.29 bits per heavy atom. The van der Waals surface area contributed by atoms with Crippen molar-refractivity contribution in [2.24, 2.45) is 17.6 Å². The molecule has 6 heteroatoms. The van der Waals surface area contributed by atoms with Crippen LogP contribution in [0.3, 0.4) is 0 Å². The van der Waals surface area contributed by atoms with Crippen molar-refractivity contribution in [3.8, 4) is 22.8 Å². The molecule has 1 aromatic heterocycles. The van der Waals surface area contributed by atoms with Gasteiger partial charge in [0, 0.05) is 17.2 Å². The number of benzene rings is 1. The molecular formula is C18H22N4O2. The van der Waals surface area contributed by atoms with Gasteiger partial charge in [0.15, 0.2) is 11.6 Å². The Bertz CT molecular complexity index is 766. The van der Waals surface area contributed by atoms with Crippen LogP contribution in [0.5, 0.6) is 11.5 Å². The van der Waals surface area contributed by atoms with Crippen molar-refractivity contribution in [2.75, 3.05) is 12.3 Å². The van der Waals surface area contributed by atoms with E-state index in [-0.39, 0.29) is 17.1 Å². The Morgan fingerprint density at radius 3 is 2.79 bits per heavy atom. The third-order valence-electron chi connectivity index (χ3n) is 5.58. The molecule has 2 aliphatic carbocycles. The number of fused-ring (bicyclic) bond motifs is 1. The monoisotopic (exact) mass is 326 g/mol. The van der Waals surface area contributed by atoms with E-state index in [4.69, 9.17) is 16.2 Å². The predicted octanol–water partition coefficient (Wildman–Crippen LogP) is 2.33. The van der Waals surface area contributed by atoms with Gasteiger partial charge >= 0.3 is 0 Å². The SMILES string of the molecule is Nc1nnc(-c2ccccc2O)cc1OCCC1CC2(N)CCC12. The van der Waals surface area contributed by atoms with Crippen molar-refractivity contribution in [3.05, 3.63) is 30.3 Å². The lowest BCUT2D eigenvalue weighted by Crippen LogP contribution is -2.67. The summed E-state index contributed by atoms with van der Waals surface area (Å²) in [7, 11) is 0. The molecule has 0 saturated heterocycles. The fraction of sp³-hybridized carbons (Fsp3) is 0.444. The van der Waals surface area contributed by atoms with Gasteiger partial charge in [0.05, 0.1) is 6.61 Å². The molecule has 0 spiro atoms. The number of nitrogens with zero attached hydrogens (tertiary/aromatic N) is 2. The van der Waals surface area contributed by atoms with E-state index in [1.807, 2.05) is 6.07 Å². The minimum atomic E-state index is 0.125. The summed E-state index contributed by atoms with van der Waals surface area (Å²) >= 11 is 0. The molecule has 0 amide bonds. The van der Waals surface area contributed by atoms with Gasteiger partial charge in [0.1, 0.15) is 11.4 Å². The number of phenols is 1. The van der Waals surface area contributed by atoms with Gasteiger partial charge in [0.25, 0.3) is 0 Å². The van der Waals surface area contributed by atoms with Crippen molar-refractivity contribution < 1.29 is 9.84 Å². The Hall–Kier alpha value is -2.34. The third kappa shape index (κ3) is 2.47. The van der Waals surface area contributed by atoms with Gasteiger partial charge in [-0.15, -0.1) is 10.2 Å². The largest absolute Gasteiger partial charge is 0.507 e. The van der Waals surface area contributed by atoms with Crippen LogP contribution in [-0.2, 0) is 0 Å². The van der Waals surface area contributed by atoms with E-state index in [9.17, 15) is 5.11 Å². The van der Waals surface area contributed by atoms with Crippen molar-refractivity contribution in [1.29, 1.82) is 0 Å². The summed E-state index contributed by atoms with van der Waals surface area (Å²) in [5.41, 5.74) is 13.4. The van der Waals surface area contributed by atoms with Crippen molar-refractivity contribution in [2.45, 2.75) is 31.2 Å². The zero-order valence-corrected chi connectivity index (χ0v) is 13.5. The number of aromatic nitrogens is 2. The zero-order chi connectivity index (χ0) is 16.7. The summed E-state index contributed by atoms with van der Waals surface area (Å²) in [6.07, 6.45) is 4.50. The number of hydrogen-bond donors (Lipinski definition) is 3. The molecule has 3 unspecified atom stereocenters. The first-order valence-electron chi connectivity index (χ1n) is 8.40. The van der Waals surface area contributed by atoms with E-state index in [0.29, 0.717) is 35.4 Å². The molecule has 24 heavy (non-hydrogen) atoms. The molecule has 4 rings (SSSR count). The van der Waals surface area contributed by atoms with Crippen LogP contribution in [0.2, 0.25) is 0 Å². The van der Waals surface area contributed by atoms with Gasteiger partial charge in [-0.3, -0.25) is 0 Å². The van der Waals surface area contributed by atoms with Gasteiger partial charge in [-0.1, -0.05) is 12.1 Å². The minimum absolute atomic E-state index is 0.125. The average Bonchev–Trinajstić information content (AvgIpc) is 2.56. The summed E-state index contributed by atoms with van der Waals surface area (Å²) in [6.45, 7) is 0.591. The highest BCUT2D eigenvalue weighted by Gasteiger charge is 2.56. The number of ether oxygens (including phenoxy) is 1. The van der Waals surface area contributed by atoms with E-state index in [1.165, 1.54) is 12.8 Å². The average molecular weight is 326 g/mol. The van der Waals surface area contributed by atoms with Crippen LogP contribution in [0, 0.1) is 11.8 Å². The number of nitrogen functional groups attached to an aromatic ring is 1. The van der Waals surface area contributed by atoms with Crippen molar-refractivity contribution >= 4 is 5.82 Å². The maximum atomic E-state index is 9.95. The molecule has 3 atom stereocenters. The van der Waals surface area contributed by atoms with Crippen molar-refractivity contribution in [3.63, 3.8) is 0 Å². The number of para-hydroxylation sites is 1. The lowest BCUT2D eigenvalue weighted by Gasteiger charge is -2.61. The number of nitrogens with two attached hydrogens (primary N) is 2. The molecule has 126 valence electrons. The molecular weight excluding hydrogens is 304 g/mol. The smallest absolute Gasteiger partial charge is 0.188 e. The van der Waals surface area contributed by atoms with Gasteiger partial charge < -0.3 is 21.3 Å². The second-order valence-corrected chi connectivity index (χ2v) is 6.98. The maximum absolute atomic E-state index is 9.95. The summed E-state index contributed by atoms with van der Waals surface area (Å²) in [5.74, 6) is 2.26.